The molecule has 23 heteroatoms. The van der Waals surface area contributed by atoms with Gasteiger partial charge < -0.3 is 93.0 Å². The summed E-state index contributed by atoms with van der Waals surface area (Å²) in [6.45, 7) is -0.0614. The van der Waals surface area contributed by atoms with Gasteiger partial charge in [-0.15, -0.1) is 0 Å². The van der Waals surface area contributed by atoms with E-state index in [-0.39, 0.29) is 62.5 Å². The van der Waals surface area contributed by atoms with Gasteiger partial charge in [-0.25, -0.2) is 9.59 Å². The van der Waals surface area contributed by atoms with Crippen LogP contribution in [-0.2, 0) is 35.9 Å². The van der Waals surface area contributed by atoms with Gasteiger partial charge in [-0.2, -0.15) is 0 Å². The number of phenols is 2. The maximum atomic E-state index is 10.6. The van der Waals surface area contributed by atoms with E-state index in [4.69, 9.17) is 45.2 Å². The standard InChI is InChI=1S/C11H17NO3.C8H10O3.C6H15N3O3.C3H8N2O3.C3H9NO.C2H7N.2H2O/c1-12(2)8-15-7-9-3-4-11(14)10(5-9)6-13;9-4-6-2-1-3-7(5-10)8(6)11;1-9(2)5-12-4-8-6(11)7-3-10;6-1-4-3(8)5-2-7;1-4(2)3-5;1-3-2;;/h3-5,13-14H,6-8H2,1-2H3;1-3,9-11H,4-5H2;10H,3-5H2,1-2H3,(H2,7,8,11);6-7H,1-2H2,(H2,4,5,8);5H,3H2,1-2H3;3H,1-2H3;2*1H2/p-2. The summed E-state index contributed by atoms with van der Waals surface area (Å²) in [5, 5.41) is 88.6. The van der Waals surface area contributed by atoms with Crippen molar-refractivity contribution in [2.24, 2.45) is 0 Å². The third kappa shape index (κ3) is 42.7. The Hall–Kier alpha value is -4.02. The summed E-state index contributed by atoms with van der Waals surface area (Å²) in [5.74, 6) is 0.103. The van der Waals surface area contributed by atoms with Gasteiger partial charge in [0.2, 0.25) is 0 Å². The highest BCUT2D eigenvalue weighted by molar-refractivity contribution is 5.73. The molecule has 4 amide bonds. The lowest BCUT2D eigenvalue weighted by Crippen LogP contribution is -2.37. The quantitative estimate of drug-likeness (QED) is 0.0637. The molecule has 332 valence electrons. The zero-order chi connectivity index (χ0) is 42.3. The minimum absolute atomic E-state index is 0. The molecule has 0 radical (unpaired) electrons. The molecule has 56 heavy (non-hydrogen) atoms. The molecule has 16 N–H and O–H groups in total. The largest absolute Gasteiger partial charge is 0.870 e. The number of hydrogen-bond donors (Lipinski definition) is 14. The van der Waals surface area contributed by atoms with E-state index in [1.807, 2.05) is 62.7 Å². The number of ether oxygens (including phenoxy) is 2. The molecule has 0 unspecified atom stereocenters. The second-order valence-electron chi connectivity index (χ2n) is 11.0. The monoisotopic (exact) mass is 816 g/mol. The van der Waals surface area contributed by atoms with E-state index in [2.05, 4.69) is 16.0 Å². The first-order valence-electron chi connectivity index (χ1n) is 16.2. The van der Waals surface area contributed by atoms with E-state index in [0.29, 0.717) is 36.8 Å². The molecular weight excluding hydrogens is 748 g/mol. The van der Waals surface area contributed by atoms with Crippen molar-refractivity contribution in [3.63, 3.8) is 0 Å². The second-order valence-corrected chi connectivity index (χ2v) is 11.0. The summed E-state index contributed by atoms with van der Waals surface area (Å²) in [4.78, 5) is 26.1. The van der Waals surface area contributed by atoms with Crippen molar-refractivity contribution in [2.75, 3.05) is 103 Å². The fourth-order valence-corrected chi connectivity index (χ4v) is 2.79. The SMILES string of the molecule is CN(C)CO.CN(C)COCNC(=O)NCO.CN(C)COCc1ccc(O)c(CO)c1.CNC.O=C(NCO)NCO.OCc1cccc(CO)c1O.[OH-].[OH-]. The molecule has 0 aliphatic rings. The molecule has 0 bridgehead atoms. The zero-order valence-corrected chi connectivity index (χ0v) is 33.6. The van der Waals surface area contributed by atoms with Crippen LogP contribution in [0.5, 0.6) is 11.5 Å². The minimum Gasteiger partial charge on any atom is -0.870 e. The molecule has 2 rings (SSSR count). The van der Waals surface area contributed by atoms with Crippen LogP contribution >= 0.6 is 0 Å². The average molecular weight is 817 g/mol. The summed E-state index contributed by atoms with van der Waals surface area (Å²) in [5.41, 5.74) is 2.35. The lowest BCUT2D eigenvalue weighted by atomic mass is 10.1. The van der Waals surface area contributed by atoms with Crippen molar-refractivity contribution in [1.29, 1.82) is 0 Å². The van der Waals surface area contributed by atoms with E-state index >= 15 is 0 Å². The first-order chi connectivity index (χ1) is 25.6. The highest BCUT2D eigenvalue weighted by Crippen LogP contribution is 2.22. The van der Waals surface area contributed by atoms with Crippen molar-refractivity contribution >= 4 is 12.1 Å². The summed E-state index contributed by atoms with van der Waals surface area (Å²) in [7, 11) is 14.9. The Morgan fingerprint density at radius 3 is 1.36 bits per heavy atom. The van der Waals surface area contributed by atoms with Crippen LogP contribution in [0.4, 0.5) is 9.59 Å². The number of aliphatic hydroxyl groups excluding tert-OH is 7. The number of hydrogen-bond acceptors (Lipinski definition) is 19. The molecule has 23 nitrogen and oxygen atoms in total. The number of carbonyl (C=O) groups is 2. The molecule has 0 heterocycles. The van der Waals surface area contributed by atoms with Crippen LogP contribution < -0.4 is 26.6 Å². The van der Waals surface area contributed by atoms with Gasteiger partial charge in [-0.05, 0) is 74.1 Å². The maximum Gasteiger partial charge on any atom is 0.318 e. The fourth-order valence-electron chi connectivity index (χ4n) is 2.79. The number of aromatic hydroxyl groups is 2. The number of rotatable bonds is 15. The number of benzene rings is 2. The molecule has 0 aliphatic carbocycles. The third-order valence-corrected chi connectivity index (χ3v) is 5.16. The van der Waals surface area contributed by atoms with Gasteiger partial charge in [0, 0.05) is 16.7 Å². The van der Waals surface area contributed by atoms with Crippen LogP contribution in [0.3, 0.4) is 0 Å². The molecule has 0 spiro atoms. The Bertz CT molecular complexity index is 1140. The molecular formula is C33H68N8O15-2. The van der Waals surface area contributed by atoms with E-state index in [9.17, 15) is 19.8 Å². The number of para-hydroxylation sites is 1. The van der Waals surface area contributed by atoms with Crippen molar-refractivity contribution in [3.8, 4) is 11.5 Å². The van der Waals surface area contributed by atoms with Crippen LogP contribution in [-0.4, -0.2) is 187 Å². The zero-order valence-electron chi connectivity index (χ0n) is 33.6. The molecule has 0 aromatic heterocycles. The van der Waals surface area contributed by atoms with Gasteiger partial charge >= 0.3 is 12.1 Å². The predicted octanol–water partition coefficient (Wildman–Crippen LogP) is -2.81. The lowest BCUT2D eigenvalue weighted by molar-refractivity contribution is 0.0450. The summed E-state index contributed by atoms with van der Waals surface area (Å²) >= 11 is 0. The third-order valence-electron chi connectivity index (χ3n) is 5.16. The van der Waals surface area contributed by atoms with E-state index in [1.54, 1.807) is 55.4 Å². The molecule has 2 aromatic rings. The number of nitrogens with zero attached hydrogens (tertiary/aromatic N) is 3. The Balaban J connectivity index is -0.000000140. The summed E-state index contributed by atoms with van der Waals surface area (Å²) < 4.78 is 10.4. The summed E-state index contributed by atoms with van der Waals surface area (Å²) in [6.07, 6.45) is 0. The normalized spacial score (nSPS) is 9.39. The van der Waals surface area contributed by atoms with Gasteiger partial charge in [0.05, 0.1) is 39.9 Å². The van der Waals surface area contributed by atoms with Gasteiger partial charge in [0.1, 0.15) is 45.2 Å². The Morgan fingerprint density at radius 2 is 1.00 bits per heavy atom. The first kappa shape index (κ1) is 63.9. The van der Waals surface area contributed by atoms with E-state index in [0.717, 1.165) is 5.56 Å². The maximum absolute atomic E-state index is 10.6. The minimum atomic E-state index is -0.588. The van der Waals surface area contributed by atoms with Crippen LogP contribution in [0.2, 0.25) is 0 Å². The number of urea groups is 2. The van der Waals surface area contributed by atoms with Crippen molar-refractivity contribution in [2.45, 2.75) is 26.4 Å². The van der Waals surface area contributed by atoms with E-state index < -0.39 is 25.5 Å². The van der Waals surface area contributed by atoms with Gasteiger partial charge in [-0.3, -0.25) is 14.7 Å². The van der Waals surface area contributed by atoms with Gasteiger partial charge in [0.25, 0.3) is 0 Å². The fraction of sp³-hybridized carbons (Fsp3) is 0.576. The molecule has 0 atom stereocenters. The highest BCUT2D eigenvalue weighted by atomic mass is 16.5. The summed E-state index contributed by atoms with van der Waals surface area (Å²) in [6, 6.07) is 8.95. The van der Waals surface area contributed by atoms with Crippen LogP contribution in [0.25, 0.3) is 0 Å². The molecule has 2 aromatic carbocycles. The van der Waals surface area contributed by atoms with E-state index in [1.165, 1.54) is 0 Å². The van der Waals surface area contributed by atoms with Crippen molar-refractivity contribution in [1.82, 2.24) is 41.3 Å². The molecule has 0 aliphatic heterocycles. The highest BCUT2D eigenvalue weighted by Gasteiger charge is 2.04. The van der Waals surface area contributed by atoms with Crippen molar-refractivity contribution in [3.05, 3.63) is 58.7 Å². The Kier molecular flexibility index (Phi) is 51.8. The Morgan fingerprint density at radius 1 is 0.607 bits per heavy atom. The number of amides is 4. The Labute approximate surface area is 329 Å². The van der Waals surface area contributed by atoms with Crippen LogP contribution in [0.15, 0.2) is 36.4 Å². The molecule has 0 saturated carbocycles. The second kappa shape index (κ2) is 45.4. The molecule has 0 fully saturated rings. The van der Waals surface area contributed by atoms with Crippen LogP contribution in [0, 0.1) is 0 Å². The topological polar surface area (TPSA) is 365 Å². The average Bonchev–Trinajstić information content (AvgIpc) is 3.12. The number of carbonyl (C=O) groups excluding carboxylic acids is 2. The number of nitrogens with one attached hydrogen (secondary N) is 5. The molecule has 0 saturated heterocycles. The first-order valence-corrected chi connectivity index (χ1v) is 16.2. The van der Waals surface area contributed by atoms with Gasteiger partial charge in [0.15, 0.2) is 0 Å². The predicted molar refractivity (Wildman–Crippen MR) is 206 cm³/mol. The smallest absolute Gasteiger partial charge is 0.318 e. The van der Waals surface area contributed by atoms with Crippen molar-refractivity contribution < 1.29 is 76.0 Å². The lowest BCUT2D eigenvalue weighted by Gasteiger charge is -2.11. The van der Waals surface area contributed by atoms with Gasteiger partial charge in [-0.1, -0.05) is 24.3 Å². The van der Waals surface area contributed by atoms with Crippen LogP contribution in [0.1, 0.15) is 22.3 Å². The number of aliphatic hydroxyl groups is 7.